The van der Waals surface area contributed by atoms with E-state index in [1.165, 1.54) is 6.07 Å². The van der Waals surface area contributed by atoms with Crippen LogP contribution in [0.15, 0.2) is 40.3 Å². The van der Waals surface area contributed by atoms with Crippen molar-refractivity contribution in [3.05, 3.63) is 51.4 Å². The van der Waals surface area contributed by atoms with Gasteiger partial charge in [0.25, 0.3) is 5.56 Å². The summed E-state index contributed by atoms with van der Waals surface area (Å²) >= 11 is 7.13. The topological polar surface area (TPSA) is 84.1 Å². The lowest BCUT2D eigenvalue weighted by Crippen LogP contribution is -2.16. The number of carbonyl (C=O) groups is 1. The molecular formula is C16H18ClN3O3S. The highest BCUT2D eigenvalue weighted by molar-refractivity contribution is 7.99. The number of hydrogen-bond acceptors (Lipinski definition) is 5. The minimum atomic E-state index is -0.277. The van der Waals surface area contributed by atoms with Crippen LogP contribution in [0.4, 0.5) is 5.69 Å². The number of nitrogens with one attached hydrogen (secondary N) is 2. The Bertz CT molecular complexity index is 764. The van der Waals surface area contributed by atoms with E-state index in [0.717, 1.165) is 11.8 Å². The van der Waals surface area contributed by atoms with E-state index >= 15 is 0 Å². The van der Waals surface area contributed by atoms with Crippen LogP contribution >= 0.6 is 23.4 Å². The average molecular weight is 368 g/mol. The molecular weight excluding hydrogens is 350 g/mol. The Hall–Kier alpha value is -1.83. The highest BCUT2D eigenvalue weighted by atomic mass is 35.5. The molecule has 1 aromatic heterocycles. The number of ether oxygens (including phenoxy) is 1. The summed E-state index contributed by atoms with van der Waals surface area (Å²) in [7, 11) is 0. The molecule has 0 saturated heterocycles. The Morgan fingerprint density at radius 3 is 2.88 bits per heavy atom. The Kier molecular flexibility index (Phi) is 6.84. The third-order valence-corrected chi connectivity index (χ3v) is 4.03. The van der Waals surface area contributed by atoms with Crippen molar-refractivity contribution in [3.8, 4) is 0 Å². The lowest BCUT2D eigenvalue weighted by molar-refractivity contribution is -0.113. The molecule has 2 N–H and O–H groups in total. The fourth-order valence-corrected chi connectivity index (χ4v) is 2.64. The van der Waals surface area contributed by atoms with Crippen LogP contribution in [0.2, 0.25) is 5.02 Å². The van der Waals surface area contributed by atoms with E-state index in [1.807, 2.05) is 13.8 Å². The SMILES string of the molecule is CC(C)OCc1cc(=O)[nH]c(SCC(=O)Nc2ccccc2Cl)n1. The smallest absolute Gasteiger partial charge is 0.251 e. The second kappa shape index (κ2) is 8.86. The number of benzene rings is 1. The number of amides is 1. The number of thioether (sulfide) groups is 1. The molecule has 0 radical (unpaired) electrons. The summed E-state index contributed by atoms with van der Waals surface area (Å²) in [6.07, 6.45) is 0.0450. The van der Waals surface area contributed by atoms with Crippen molar-refractivity contribution in [2.75, 3.05) is 11.1 Å². The Morgan fingerprint density at radius 1 is 1.42 bits per heavy atom. The molecule has 1 heterocycles. The predicted octanol–water partition coefficient (Wildman–Crippen LogP) is 3.08. The lowest BCUT2D eigenvalue weighted by Gasteiger charge is -2.08. The standard InChI is InChI=1S/C16H18ClN3O3S/c1-10(2)23-8-11-7-14(21)20-16(18-11)24-9-15(22)19-13-6-4-3-5-12(13)17/h3-7,10H,8-9H2,1-2H3,(H,19,22)(H,18,20,21). The molecule has 1 aromatic carbocycles. The number of aromatic amines is 1. The van der Waals surface area contributed by atoms with Crippen molar-refractivity contribution in [2.24, 2.45) is 0 Å². The molecule has 6 nitrogen and oxygen atoms in total. The summed E-state index contributed by atoms with van der Waals surface area (Å²) in [6.45, 7) is 4.06. The second-order valence-electron chi connectivity index (χ2n) is 5.22. The van der Waals surface area contributed by atoms with Crippen molar-refractivity contribution in [3.63, 3.8) is 0 Å². The molecule has 0 aliphatic rings. The molecule has 0 spiro atoms. The van der Waals surface area contributed by atoms with Gasteiger partial charge in [-0.3, -0.25) is 9.59 Å². The molecule has 1 amide bonds. The molecule has 128 valence electrons. The Balaban J connectivity index is 1.95. The van der Waals surface area contributed by atoms with Gasteiger partial charge in [0.1, 0.15) is 0 Å². The first-order chi connectivity index (χ1) is 11.4. The van der Waals surface area contributed by atoms with Gasteiger partial charge in [-0.15, -0.1) is 0 Å². The van der Waals surface area contributed by atoms with Crippen LogP contribution in [0.25, 0.3) is 0 Å². The van der Waals surface area contributed by atoms with Gasteiger partial charge in [0.05, 0.1) is 34.9 Å². The highest BCUT2D eigenvalue weighted by Crippen LogP contribution is 2.21. The van der Waals surface area contributed by atoms with Crippen LogP contribution in [0.3, 0.4) is 0 Å². The van der Waals surface area contributed by atoms with Gasteiger partial charge < -0.3 is 15.0 Å². The maximum atomic E-state index is 12.0. The summed E-state index contributed by atoms with van der Waals surface area (Å²) in [5.41, 5.74) is 0.799. The van der Waals surface area contributed by atoms with Crippen LogP contribution in [0.5, 0.6) is 0 Å². The van der Waals surface area contributed by atoms with Crippen molar-refractivity contribution in [1.29, 1.82) is 0 Å². The molecule has 2 aromatic rings. The minimum absolute atomic E-state index is 0.0450. The Labute approximate surface area is 149 Å². The van der Waals surface area contributed by atoms with Gasteiger partial charge in [0, 0.05) is 6.07 Å². The fourth-order valence-electron chi connectivity index (χ4n) is 1.76. The molecule has 0 atom stereocenters. The van der Waals surface area contributed by atoms with Gasteiger partial charge >= 0.3 is 0 Å². The van der Waals surface area contributed by atoms with Crippen molar-refractivity contribution >= 4 is 35.0 Å². The van der Waals surface area contributed by atoms with Crippen LogP contribution < -0.4 is 10.9 Å². The molecule has 2 rings (SSSR count). The first-order valence-corrected chi connectivity index (χ1v) is 8.69. The van der Waals surface area contributed by atoms with E-state index in [4.69, 9.17) is 16.3 Å². The second-order valence-corrected chi connectivity index (χ2v) is 6.59. The van der Waals surface area contributed by atoms with Crippen molar-refractivity contribution in [1.82, 2.24) is 9.97 Å². The average Bonchev–Trinajstić information content (AvgIpc) is 2.53. The molecule has 0 aliphatic carbocycles. The summed E-state index contributed by atoms with van der Waals surface area (Å²) in [6, 6.07) is 8.37. The molecule has 0 bridgehead atoms. The molecule has 0 aliphatic heterocycles. The Morgan fingerprint density at radius 2 is 2.17 bits per heavy atom. The molecule has 0 fully saturated rings. The number of carbonyl (C=O) groups excluding carboxylic acids is 1. The van der Waals surface area contributed by atoms with E-state index in [-0.39, 0.29) is 29.9 Å². The van der Waals surface area contributed by atoms with E-state index < -0.39 is 0 Å². The van der Waals surface area contributed by atoms with Gasteiger partial charge in [-0.05, 0) is 26.0 Å². The monoisotopic (exact) mass is 367 g/mol. The number of anilines is 1. The normalized spacial score (nSPS) is 10.8. The summed E-state index contributed by atoms with van der Waals surface area (Å²) in [4.78, 5) is 30.5. The fraction of sp³-hybridized carbons (Fsp3) is 0.312. The number of aromatic nitrogens is 2. The number of hydrogen-bond donors (Lipinski definition) is 2. The van der Waals surface area contributed by atoms with Gasteiger partial charge in [-0.25, -0.2) is 4.98 Å². The molecule has 8 heteroatoms. The summed E-state index contributed by atoms with van der Waals surface area (Å²) in [5.74, 6) is -0.137. The van der Waals surface area contributed by atoms with Gasteiger partial charge in [0.15, 0.2) is 5.16 Å². The maximum absolute atomic E-state index is 12.0. The highest BCUT2D eigenvalue weighted by Gasteiger charge is 2.09. The molecule has 0 unspecified atom stereocenters. The van der Waals surface area contributed by atoms with Gasteiger partial charge in [-0.1, -0.05) is 35.5 Å². The van der Waals surface area contributed by atoms with Crippen LogP contribution in [-0.2, 0) is 16.1 Å². The number of halogens is 1. The van der Waals surface area contributed by atoms with E-state index in [9.17, 15) is 9.59 Å². The van der Waals surface area contributed by atoms with Crippen LogP contribution in [-0.4, -0.2) is 27.7 Å². The third-order valence-electron chi connectivity index (χ3n) is 2.83. The first-order valence-electron chi connectivity index (χ1n) is 7.33. The zero-order chi connectivity index (χ0) is 17.5. The molecule has 0 saturated carbocycles. The zero-order valence-corrected chi connectivity index (χ0v) is 14.9. The van der Waals surface area contributed by atoms with Crippen LogP contribution in [0.1, 0.15) is 19.5 Å². The van der Waals surface area contributed by atoms with E-state index in [2.05, 4.69) is 15.3 Å². The number of H-pyrrole nitrogens is 1. The van der Waals surface area contributed by atoms with E-state index in [0.29, 0.717) is 21.6 Å². The summed E-state index contributed by atoms with van der Waals surface area (Å²) in [5, 5.41) is 3.56. The van der Waals surface area contributed by atoms with Crippen molar-refractivity contribution in [2.45, 2.75) is 31.7 Å². The van der Waals surface area contributed by atoms with Gasteiger partial charge in [-0.2, -0.15) is 0 Å². The zero-order valence-electron chi connectivity index (χ0n) is 13.3. The van der Waals surface area contributed by atoms with Crippen LogP contribution in [0, 0.1) is 0 Å². The maximum Gasteiger partial charge on any atom is 0.251 e. The number of rotatable bonds is 7. The lowest BCUT2D eigenvalue weighted by atomic mass is 10.3. The quantitative estimate of drug-likeness (QED) is 0.580. The largest absolute Gasteiger partial charge is 0.373 e. The minimum Gasteiger partial charge on any atom is -0.373 e. The number of para-hydroxylation sites is 1. The summed E-state index contributed by atoms with van der Waals surface area (Å²) < 4.78 is 5.44. The van der Waals surface area contributed by atoms with Gasteiger partial charge in [0.2, 0.25) is 5.91 Å². The molecule has 24 heavy (non-hydrogen) atoms. The number of nitrogens with zero attached hydrogens (tertiary/aromatic N) is 1. The predicted molar refractivity (Wildman–Crippen MR) is 95.6 cm³/mol. The van der Waals surface area contributed by atoms with Crippen molar-refractivity contribution < 1.29 is 9.53 Å². The first kappa shape index (κ1) is 18.5. The third kappa shape index (κ3) is 5.99. The van der Waals surface area contributed by atoms with E-state index in [1.54, 1.807) is 24.3 Å².